The molecule has 0 saturated carbocycles. The van der Waals surface area contributed by atoms with Crippen LogP contribution in [0.25, 0.3) is 0 Å². The lowest BCUT2D eigenvalue weighted by Gasteiger charge is -2.11. The van der Waals surface area contributed by atoms with Gasteiger partial charge in [0.25, 0.3) is 0 Å². The Balaban J connectivity index is 2.39. The second-order valence-electron chi connectivity index (χ2n) is 3.24. The number of hydrogen-bond acceptors (Lipinski definition) is 2. The number of alkyl halides is 1. The second kappa shape index (κ2) is 5.76. The molecule has 0 heterocycles. The number of ether oxygens (including phenoxy) is 1. The first-order valence-corrected chi connectivity index (χ1v) is 5.32. The predicted molar refractivity (Wildman–Crippen MR) is 60.6 cm³/mol. The van der Waals surface area contributed by atoms with E-state index in [0.29, 0.717) is 0 Å². The van der Waals surface area contributed by atoms with E-state index in [1.807, 2.05) is 12.1 Å². The van der Waals surface area contributed by atoms with Gasteiger partial charge in [-0.25, -0.2) is 0 Å². The number of anilines is 1. The van der Waals surface area contributed by atoms with E-state index in [0.717, 1.165) is 30.7 Å². The number of rotatable bonds is 5. The normalized spacial score (nSPS) is 12.4. The Bertz CT molecular complexity index is 260. The number of hydrogen-bond donors (Lipinski definition) is 1. The van der Waals surface area contributed by atoms with Gasteiger partial charge in [0.1, 0.15) is 5.75 Å². The van der Waals surface area contributed by atoms with E-state index in [1.165, 1.54) is 0 Å². The fourth-order valence-electron chi connectivity index (χ4n) is 1.12. The number of unbranched alkanes of at least 4 members (excludes halogenated alkanes) is 1. The molecule has 1 atom stereocenters. The van der Waals surface area contributed by atoms with Crippen LogP contribution in [-0.2, 0) is 0 Å². The first-order chi connectivity index (χ1) is 6.72. The van der Waals surface area contributed by atoms with E-state index < -0.39 is 0 Å². The molecule has 1 rings (SSSR count). The zero-order valence-corrected chi connectivity index (χ0v) is 9.13. The van der Waals surface area contributed by atoms with Crippen LogP contribution in [0.2, 0.25) is 0 Å². The summed E-state index contributed by atoms with van der Waals surface area (Å²) in [6.07, 6.45) is 3.10. The minimum Gasteiger partial charge on any atom is -0.475 e. The highest BCUT2D eigenvalue weighted by Crippen LogP contribution is 2.18. The average Bonchev–Trinajstić information content (AvgIpc) is 2.18. The fraction of sp³-hybridized carbons (Fsp3) is 0.455. The SMILES string of the molecule is CCCCC(Cl)Oc1ccc(N)cc1. The Kier molecular flexibility index (Phi) is 4.60. The van der Waals surface area contributed by atoms with Gasteiger partial charge in [-0.15, -0.1) is 0 Å². The van der Waals surface area contributed by atoms with Crippen molar-refractivity contribution in [3.05, 3.63) is 24.3 Å². The van der Waals surface area contributed by atoms with E-state index in [9.17, 15) is 0 Å². The van der Waals surface area contributed by atoms with Crippen LogP contribution in [0.5, 0.6) is 5.75 Å². The molecule has 0 amide bonds. The van der Waals surface area contributed by atoms with Crippen molar-refractivity contribution in [3.63, 3.8) is 0 Å². The second-order valence-corrected chi connectivity index (χ2v) is 3.73. The molecule has 0 saturated heterocycles. The summed E-state index contributed by atoms with van der Waals surface area (Å²) < 4.78 is 5.48. The van der Waals surface area contributed by atoms with Gasteiger partial charge in [0.05, 0.1) is 0 Å². The molecule has 2 nitrogen and oxygen atoms in total. The molecule has 0 radical (unpaired) electrons. The largest absolute Gasteiger partial charge is 0.475 e. The molecule has 78 valence electrons. The van der Waals surface area contributed by atoms with Gasteiger partial charge in [0.2, 0.25) is 0 Å². The standard InChI is InChI=1S/C11H16ClNO/c1-2-3-4-11(12)14-10-7-5-9(13)6-8-10/h5-8,11H,2-4,13H2,1H3. The molecular formula is C11H16ClNO. The maximum atomic E-state index is 5.98. The van der Waals surface area contributed by atoms with E-state index in [2.05, 4.69) is 6.92 Å². The lowest BCUT2D eigenvalue weighted by atomic mass is 10.2. The van der Waals surface area contributed by atoms with Crippen LogP contribution >= 0.6 is 11.6 Å². The minimum atomic E-state index is -0.237. The molecule has 3 heteroatoms. The zero-order valence-electron chi connectivity index (χ0n) is 8.37. The molecule has 1 aromatic carbocycles. The van der Waals surface area contributed by atoms with Gasteiger partial charge in [0, 0.05) is 5.69 Å². The van der Waals surface area contributed by atoms with Crippen LogP contribution in [0.15, 0.2) is 24.3 Å². The van der Waals surface area contributed by atoms with Gasteiger partial charge in [0.15, 0.2) is 5.56 Å². The van der Waals surface area contributed by atoms with Crippen LogP contribution in [0.3, 0.4) is 0 Å². The molecule has 0 aliphatic carbocycles. The monoisotopic (exact) mass is 213 g/mol. The fourth-order valence-corrected chi connectivity index (χ4v) is 1.37. The van der Waals surface area contributed by atoms with Crippen molar-refractivity contribution in [2.24, 2.45) is 0 Å². The highest BCUT2D eigenvalue weighted by atomic mass is 35.5. The average molecular weight is 214 g/mol. The molecule has 1 unspecified atom stereocenters. The molecule has 2 N–H and O–H groups in total. The van der Waals surface area contributed by atoms with E-state index in [1.54, 1.807) is 12.1 Å². The van der Waals surface area contributed by atoms with Crippen LogP contribution in [0.4, 0.5) is 5.69 Å². The van der Waals surface area contributed by atoms with Crippen molar-refractivity contribution < 1.29 is 4.74 Å². The Morgan fingerprint density at radius 1 is 1.36 bits per heavy atom. The van der Waals surface area contributed by atoms with Crippen molar-refractivity contribution in [2.45, 2.75) is 31.7 Å². The van der Waals surface area contributed by atoms with E-state index in [4.69, 9.17) is 22.1 Å². The third-order valence-electron chi connectivity index (χ3n) is 1.93. The molecule has 0 aliphatic rings. The summed E-state index contributed by atoms with van der Waals surface area (Å²) in [6, 6.07) is 7.27. The molecule has 1 aromatic rings. The molecule has 0 aliphatic heterocycles. The Morgan fingerprint density at radius 3 is 2.57 bits per heavy atom. The Labute approximate surface area is 90.0 Å². The summed E-state index contributed by atoms with van der Waals surface area (Å²) in [7, 11) is 0. The predicted octanol–water partition coefficient (Wildman–Crippen LogP) is 3.40. The summed E-state index contributed by atoms with van der Waals surface area (Å²) in [5, 5.41) is 0. The van der Waals surface area contributed by atoms with Gasteiger partial charge < -0.3 is 10.5 Å². The number of nitrogens with two attached hydrogens (primary N) is 1. The van der Waals surface area contributed by atoms with Crippen molar-refractivity contribution in [1.29, 1.82) is 0 Å². The molecule has 0 fully saturated rings. The van der Waals surface area contributed by atoms with Gasteiger partial charge >= 0.3 is 0 Å². The lowest BCUT2D eigenvalue weighted by Crippen LogP contribution is -2.08. The topological polar surface area (TPSA) is 35.2 Å². The molecular weight excluding hydrogens is 198 g/mol. The van der Waals surface area contributed by atoms with Crippen LogP contribution in [0.1, 0.15) is 26.2 Å². The summed E-state index contributed by atoms with van der Waals surface area (Å²) in [5.74, 6) is 0.773. The van der Waals surface area contributed by atoms with Gasteiger partial charge in [-0.05, 0) is 37.1 Å². The summed E-state index contributed by atoms with van der Waals surface area (Å²) >= 11 is 5.98. The van der Waals surface area contributed by atoms with Crippen molar-refractivity contribution in [1.82, 2.24) is 0 Å². The third-order valence-corrected chi connectivity index (χ3v) is 2.24. The molecule has 0 aromatic heterocycles. The smallest absolute Gasteiger partial charge is 0.172 e. The highest BCUT2D eigenvalue weighted by molar-refractivity contribution is 6.19. The van der Waals surface area contributed by atoms with E-state index in [-0.39, 0.29) is 5.56 Å². The summed E-state index contributed by atoms with van der Waals surface area (Å²) in [5.41, 5.74) is 6.05. The Morgan fingerprint density at radius 2 is 2.00 bits per heavy atom. The number of halogens is 1. The van der Waals surface area contributed by atoms with Gasteiger partial charge in [-0.3, -0.25) is 0 Å². The van der Waals surface area contributed by atoms with Crippen molar-refractivity contribution >= 4 is 17.3 Å². The molecule has 14 heavy (non-hydrogen) atoms. The van der Waals surface area contributed by atoms with Gasteiger partial charge in [-0.2, -0.15) is 0 Å². The quantitative estimate of drug-likeness (QED) is 0.601. The first kappa shape index (κ1) is 11.2. The van der Waals surface area contributed by atoms with Crippen LogP contribution in [0, 0.1) is 0 Å². The maximum absolute atomic E-state index is 5.98. The maximum Gasteiger partial charge on any atom is 0.172 e. The van der Waals surface area contributed by atoms with Crippen LogP contribution in [-0.4, -0.2) is 5.56 Å². The number of nitrogen functional groups attached to an aromatic ring is 1. The zero-order chi connectivity index (χ0) is 10.4. The molecule has 0 bridgehead atoms. The van der Waals surface area contributed by atoms with Crippen molar-refractivity contribution in [3.8, 4) is 5.75 Å². The van der Waals surface area contributed by atoms with Crippen molar-refractivity contribution in [2.75, 3.05) is 5.73 Å². The minimum absolute atomic E-state index is 0.237. The van der Waals surface area contributed by atoms with E-state index >= 15 is 0 Å². The molecule has 0 spiro atoms. The first-order valence-electron chi connectivity index (χ1n) is 4.88. The number of benzene rings is 1. The lowest BCUT2D eigenvalue weighted by molar-refractivity contribution is 0.266. The van der Waals surface area contributed by atoms with Crippen LogP contribution < -0.4 is 10.5 Å². The summed E-state index contributed by atoms with van der Waals surface area (Å²) in [6.45, 7) is 2.13. The summed E-state index contributed by atoms with van der Waals surface area (Å²) in [4.78, 5) is 0. The van der Waals surface area contributed by atoms with Gasteiger partial charge in [-0.1, -0.05) is 24.9 Å². The Hall–Kier alpha value is -0.890. The third kappa shape index (κ3) is 3.88. The highest BCUT2D eigenvalue weighted by Gasteiger charge is 2.04.